The third kappa shape index (κ3) is 3.10. The number of rotatable bonds is 3. The smallest absolute Gasteiger partial charge is 0.0640 e. The molecular formula is C17H20ClN. The molecule has 0 unspecified atom stereocenters. The summed E-state index contributed by atoms with van der Waals surface area (Å²) in [5.74, 6) is 0. The molecule has 0 bridgehead atoms. The summed E-state index contributed by atoms with van der Waals surface area (Å²) in [7, 11) is 0. The number of benzene rings is 2. The molecule has 2 rings (SSSR count). The fraction of sp³-hybridized carbons (Fsp3) is 0.294. The van der Waals surface area contributed by atoms with Gasteiger partial charge in [-0.1, -0.05) is 41.4 Å². The Balaban J connectivity index is 2.24. The normalized spacial score (nSPS) is 10.6. The van der Waals surface area contributed by atoms with Gasteiger partial charge in [-0.15, -0.1) is 0 Å². The van der Waals surface area contributed by atoms with Gasteiger partial charge in [0.1, 0.15) is 0 Å². The van der Waals surface area contributed by atoms with E-state index in [0.717, 1.165) is 17.3 Å². The SMILES string of the molecule is Cc1cc(C)c(CNc2c(C)cccc2Cl)c(C)c1. The summed E-state index contributed by atoms with van der Waals surface area (Å²) in [6.07, 6.45) is 0. The Morgan fingerprint density at radius 2 is 1.58 bits per heavy atom. The van der Waals surface area contributed by atoms with Gasteiger partial charge in [-0.05, 0) is 56.0 Å². The van der Waals surface area contributed by atoms with Crippen molar-refractivity contribution in [2.45, 2.75) is 34.2 Å². The summed E-state index contributed by atoms with van der Waals surface area (Å²) in [5.41, 5.74) is 7.53. The zero-order valence-electron chi connectivity index (χ0n) is 12.0. The number of hydrogen-bond donors (Lipinski definition) is 1. The first-order valence-corrected chi connectivity index (χ1v) is 6.92. The van der Waals surface area contributed by atoms with Gasteiger partial charge >= 0.3 is 0 Å². The second kappa shape index (κ2) is 5.66. The minimum absolute atomic E-state index is 0.780. The number of aryl methyl sites for hydroxylation is 4. The third-order valence-electron chi connectivity index (χ3n) is 3.50. The van der Waals surface area contributed by atoms with E-state index in [1.54, 1.807) is 0 Å². The van der Waals surface area contributed by atoms with Crippen molar-refractivity contribution >= 4 is 17.3 Å². The number of nitrogens with one attached hydrogen (secondary N) is 1. The molecule has 0 aliphatic carbocycles. The molecule has 0 saturated carbocycles. The number of anilines is 1. The molecule has 0 aliphatic heterocycles. The fourth-order valence-corrected chi connectivity index (χ4v) is 2.81. The Labute approximate surface area is 120 Å². The summed E-state index contributed by atoms with van der Waals surface area (Å²) in [5, 5.41) is 4.25. The highest BCUT2D eigenvalue weighted by Gasteiger charge is 2.07. The van der Waals surface area contributed by atoms with Crippen LogP contribution in [0.3, 0.4) is 0 Å². The second-order valence-electron chi connectivity index (χ2n) is 5.16. The Morgan fingerprint density at radius 1 is 0.947 bits per heavy atom. The minimum atomic E-state index is 0.780. The third-order valence-corrected chi connectivity index (χ3v) is 3.82. The van der Waals surface area contributed by atoms with Gasteiger partial charge in [0, 0.05) is 6.54 Å². The molecule has 1 N–H and O–H groups in total. The fourth-order valence-electron chi connectivity index (χ4n) is 2.52. The maximum atomic E-state index is 6.24. The maximum absolute atomic E-state index is 6.24. The largest absolute Gasteiger partial charge is 0.380 e. The number of halogens is 1. The Morgan fingerprint density at radius 3 is 2.16 bits per heavy atom. The Hall–Kier alpha value is -1.47. The van der Waals surface area contributed by atoms with Gasteiger partial charge in [0.2, 0.25) is 0 Å². The molecule has 2 heteroatoms. The van der Waals surface area contributed by atoms with Crippen molar-refractivity contribution in [3.63, 3.8) is 0 Å². The molecule has 2 aromatic carbocycles. The average Bonchev–Trinajstić information content (AvgIpc) is 2.31. The Kier molecular flexibility index (Phi) is 4.16. The van der Waals surface area contributed by atoms with Crippen molar-refractivity contribution < 1.29 is 0 Å². The van der Waals surface area contributed by atoms with E-state index in [1.807, 2.05) is 12.1 Å². The lowest BCUT2D eigenvalue weighted by atomic mass is 9.99. The van der Waals surface area contributed by atoms with Gasteiger partial charge < -0.3 is 5.32 Å². The lowest BCUT2D eigenvalue weighted by molar-refractivity contribution is 1.08. The highest BCUT2D eigenvalue weighted by Crippen LogP contribution is 2.26. The van der Waals surface area contributed by atoms with E-state index in [0.29, 0.717) is 0 Å². The lowest BCUT2D eigenvalue weighted by Gasteiger charge is -2.15. The molecule has 0 atom stereocenters. The van der Waals surface area contributed by atoms with Crippen LogP contribution in [-0.4, -0.2) is 0 Å². The van der Waals surface area contributed by atoms with Crippen molar-refractivity contribution in [2.24, 2.45) is 0 Å². The molecule has 0 heterocycles. The van der Waals surface area contributed by atoms with E-state index in [-0.39, 0.29) is 0 Å². The van der Waals surface area contributed by atoms with Crippen LogP contribution in [-0.2, 0) is 6.54 Å². The van der Waals surface area contributed by atoms with E-state index >= 15 is 0 Å². The summed E-state index contributed by atoms with van der Waals surface area (Å²) >= 11 is 6.24. The van der Waals surface area contributed by atoms with Crippen LogP contribution in [0.25, 0.3) is 0 Å². The molecule has 2 aromatic rings. The van der Waals surface area contributed by atoms with E-state index < -0.39 is 0 Å². The predicted octanol–water partition coefficient (Wildman–Crippen LogP) is 5.19. The first-order valence-electron chi connectivity index (χ1n) is 6.54. The van der Waals surface area contributed by atoms with E-state index in [4.69, 9.17) is 11.6 Å². The van der Waals surface area contributed by atoms with Crippen molar-refractivity contribution in [1.82, 2.24) is 0 Å². The van der Waals surface area contributed by atoms with Crippen molar-refractivity contribution in [3.05, 3.63) is 63.2 Å². The molecule has 0 fully saturated rings. The van der Waals surface area contributed by atoms with Gasteiger partial charge in [0.25, 0.3) is 0 Å². The van der Waals surface area contributed by atoms with Crippen LogP contribution in [0.4, 0.5) is 5.69 Å². The van der Waals surface area contributed by atoms with E-state index in [9.17, 15) is 0 Å². The summed E-state index contributed by atoms with van der Waals surface area (Å²) in [6.45, 7) is 9.34. The van der Waals surface area contributed by atoms with Gasteiger partial charge in [-0.3, -0.25) is 0 Å². The van der Waals surface area contributed by atoms with Gasteiger partial charge in [-0.25, -0.2) is 0 Å². The van der Waals surface area contributed by atoms with Crippen LogP contribution in [0.2, 0.25) is 5.02 Å². The molecule has 1 nitrogen and oxygen atoms in total. The molecule has 19 heavy (non-hydrogen) atoms. The summed E-state index contributed by atoms with van der Waals surface area (Å²) in [6, 6.07) is 10.4. The minimum Gasteiger partial charge on any atom is -0.380 e. The van der Waals surface area contributed by atoms with E-state index in [2.05, 4.69) is 51.2 Å². The van der Waals surface area contributed by atoms with Crippen molar-refractivity contribution in [3.8, 4) is 0 Å². The van der Waals surface area contributed by atoms with Crippen molar-refractivity contribution in [2.75, 3.05) is 5.32 Å². The average molecular weight is 274 g/mol. The van der Waals surface area contributed by atoms with Crippen LogP contribution in [0.1, 0.15) is 27.8 Å². The highest BCUT2D eigenvalue weighted by atomic mass is 35.5. The molecule has 0 aliphatic rings. The highest BCUT2D eigenvalue weighted by molar-refractivity contribution is 6.33. The molecule has 0 aromatic heterocycles. The van der Waals surface area contributed by atoms with E-state index in [1.165, 1.54) is 27.8 Å². The summed E-state index contributed by atoms with van der Waals surface area (Å²) < 4.78 is 0. The first kappa shape index (κ1) is 14.0. The standard InChI is InChI=1S/C17H20ClN/c1-11-8-13(3)15(14(4)9-11)10-19-17-12(2)6-5-7-16(17)18/h5-9,19H,10H2,1-4H3. The molecule has 0 saturated heterocycles. The van der Waals surface area contributed by atoms with Gasteiger partial charge in [0.05, 0.1) is 10.7 Å². The second-order valence-corrected chi connectivity index (χ2v) is 5.57. The molecule has 0 radical (unpaired) electrons. The molecule has 100 valence electrons. The van der Waals surface area contributed by atoms with Crippen molar-refractivity contribution in [1.29, 1.82) is 0 Å². The predicted molar refractivity (Wildman–Crippen MR) is 84.2 cm³/mol. The van der Waals surface area contributed by atoms with Crippen LogP contribution in [0.15, 0.2) is 30.3 Å². The zero-order chi connectivity index (χ0) is 14.0. The van der Waals surface area contributed by atoms with Gasteiger partial charge in [0.15, 0.2) is 0 Å². The first-order chi connectivity index (χ1) is 8.99. The molecule has 0 spiro atoms. The van der Waals surface area contributed by atoms with Crippen LogP contribution in [0.5, 0.6) is 0 Å². The van der Waals surface area contributed by atoms with Crippen LogP contribution in [0, 0.1) is 27.7 Å². The number of hydrogen-bond acceptors (Lipinski definition) is 1. The van der Waals surface area contributed by atoms with Crippen LogP contribution < -0.4 is 5.32 Å². The van der Waals surface area contributed by atoms with Crippen LogP contribution >= 0.6 is 11.6 Å². The lowest BCUT2D eigenvalue weighted by Crippen LogP contribution is -2.05. The maximum Gasteiger partial charge on any atom is 0.0640 e. The molecular weight excluding hydrogens is 254 g/mol. The monoisotopic (exact) mass is 273 g/mol. The zero-order valence-corrected chi connectivity index (χ0v) is 12.7. The quantitative estimate of drug-likeness (QED) is 0.812. The Bertz CT molecular complexity index is 559. The summed E-state index contributed by atoms with van der Waals surface area (Å²) in [4.78, 5) is 0. The van der Waals surface area contributed by atoms with Gasteiger partial charge in [-0.2, -0.15) is 0 Å². The topological polar surface area (TPSA) is 12.0 Å². The molecule has 0 amide bonds. The number of para-hydroxylation sites is 1.